The molecule has 0 saturated heterocycles. The Morgan fingerprint density at radius 3 is 3.21 bits per heavy atom. The van der Waals surface area contributed by atoms with Gasteiger partial charge in [0, 0.05) is 12.0 Å². The SMILES string of the molecule is NNC(=O)c1nc2c(cc1Cl)CCO2. The molecule has 1 aromatic rings. The summed E-state index contributed by atoms with van der Waals surface area (Å²) in [5.74, 6) is 4.92. The van der Waals surface area contributed by atoms with E-state index in [0.717, 1.165) is 12.0 Å². The first-order valence-corrected chi connectivity index (χ1v) is 4.43. The molecule has 74 valence electrons. The van der Waals surface area contributed by atoms with E-state index in [4.69, 9.17) is 22.2 Å². The lowest BCUT2D eigenvalue weighted by molar-refractivity contribution is 0.0948. The van der Waals surface area contributed by atoms with E-state index in [1.165, 1.54) is 0 Å². The number of aromatic nitrogens is 1. The Bertz CT molecular complexity index is 394. The number of halogens is 1. The van der Waals surface area contributed by atoms with Crippen molar-refractivity contribution in [2.24, 2.45) is 5.84 Å². The number of hydrogen-bond acceptors (Lipinski definition) is 4. The van der Waals surface area contributed by atoms with Crippen molar-refractivity contribution < 1.29 is 9.53 Å². The summed E-state index contributed by atoms with van der Waals surface area (Å²) in [6.45, 7) is 0.576. The molecular weight excluding hydrogens is 206 g/mol. The maximum Gasteiger partial charge on any atom is 0.285 e. The molecule has 0 fully saturated rings. The lowest BCUT2D eigenvalue weighted by Crippen LogP contribution is -2.31. The number of amides is 1. The average molecular weight is 214 g/mol. The molecule has 3 N–H and O–H groups in total. The van der Waals surface area contributed by atoms with Gasteiger partial charge in [-0.05, 0) is 6.07 Å². The Kier molecular flexibility index (Phi) is 2.26. The van der Waals surface area contributed by atoms with Crippen molar-refractivity contribution in [2.75, 3.05) is 6.61 Å². The van der Waals surface area contributed by atoms with Crippen LogP contribution in [0.2, 0.25) is 5.02 Å². The zero-order chi connectivity index (χ0) is 10.1. The maximum absolute atomic E-state index is 11.2. The lowest BCUT2D eigenvalue weighted by atomic mass is 10.2. The number of carbonyl (C=O) groups is 1. The van der Waals surface area contributed by atoms with Crippen LogP contribution in [-0.4, -0.2) is 17.5 Å². The fourth-order valence-corrected chi connectivity index (χ4v) is 1.56. The quantitative estimate of drug-likeness (QED) is 0.399. The van der Waals surface area contributed by atoms with E-state index in [1.807, 2.05) is 5.43 Å². The van der Waals surface area contributed by atoms with E-state index in [2.05, 4.69) is 4.98 Å². The molecule has 0 bridgehead atoms. The number of fused-ring (bicyclic) bond motifs is 1. The van der Waals surface area contributed by atoms with E-state index in [9.17, 15) is 4.79 Å². The van der Waals surface area contributed by atoms with Crippen LogP contribution < -0.4 is 16.0 Å². The predicted molar refractivity (Wildman–Crippen MR) is 50.1 cm³/mol. The van der Waals surface area contributed by atoms with Crippen molar-refractivity contribution in [3.63, 3.8) is 0 Å². The van der Waals surface area contributed by atoms with Gasteiger partial charge in [-0.2, -0.15) is 0 Å². The number of nitrogens with zero attached hydrogens (tertiary/aromatic N) is 1. The van der Waals surface area contributed by atoms with E-state index < -0.39 is 5.91 Å². The second-order valence-electron chi connectivity index (χ2n) is 2.85. The third kappa shape index (κ3) is 1.40. The molecule has 1 aliphatic heterocycles. The highest BCUT2D eigenvalue weighted by Gasteiger charge is 2.20. The van der Waals surface area contributed by atoms with Crippen LogP contribution in [-0.2, 0) is 6.42 Å². The van der Waals surface area contributed by atoms with E-state index >= 15 is 0 Å². The van der Waals surface area contributed by atoms with Gasteiger partial charge in [-0.25, -0.2) is 10.8 Å². The highest BCUT2D eigenvalue weighted by molar-refractivity contribution is 6.33. The number of nitrogens with two attached hydrogens (primary N) is 1. The van der Waals surface area contributed by atoms with Gasteiger partial charge in [0.05, 0.1) is 11.6 Å². The molecule has 0 saturated carbocycles. The Labute approximate surface area is 85.2 Å². The molecule has 2 rings (SSSR count). The standard InChI is InChI=1S/C8H8ClN3O2/c9-5-3-4-1-2-14-8(4)11-6(5)7(13)12-10/h3H,1-2,10H2,(H,12,13). The van der Waals surface area contributed by atoms with Crippen molar-refractivity contribution in [3.05, 3.63) is 22.3 Å². The number of hydrazine groups is 1. The molecule has 1 aliphatic rings. The van der Waals surface area contributed by atoms with Crippen molar-refractivity contribution in [1.29, 1.82) is 0 Å². The van der Waals surface area contributed by atoms with Gasteiger partial charge in [-0.1, -0.05) is 11.6 Å². The minimum atomic E-state index is -0.520. The van der Waals surface area contributed by atoms with Crippen molar-refractivity contribution in [1.82, 2.24) is 10.4 Å². The molecule has 2 heterocycles. The Balaban J connectivity index is 2.47. The minimum absolute atomic E-state index is 0.0924. The van der Waals surface area contributed by atoms with Crippen LogP contribution in [0, 0.1) is 0 Å². The van der Waals surface area contributed by atoms with Gasteiger partial charge in [0.15, 0.2) is 5.69 Å². The topological polar surface area (TPSA) is 77.2 Å². The van der Waals surface area contributed by atoms with Gasteiger partial charge in [-0.15, -0.1) is 0 Å². The second-order valence-corrected chi connectivity index (χ2v) is 3.26. The highest BCUT2D eigenvalue weighted by atomic mass is 35.5. The van der Waals surface area contributed by atoms with Gasteiger partial charge < -0.3 is 4.74 Å². The zero-order valence-electron chi connectivity index (χ0n) is 7.21. The van der Waals surface area contributed by atoms with Crippen LogP contribution in [0.3, 0.4) is 0 Å². The average Bonchev–Trinajstić information content (AvgIpc) is 2.62. The first kappa shape index (κ1) is 9.23. The van der Waals surface area contributed by atoms with Crippen molar-refractivity contribution in [2.45, 2.75) is 6.42 Å². The molecule has 6 heteroatoms. The lowest BCUT2D eigenvalue weighted by Gasteiger charge is -2.04. The summed E-state index contributed by atoms with van der Waals surface area (Å²) in [5.41, 5.74) is 2.98. The van der Waals surface area contributed by atoms with E-state index in [-0.39, 0.29) is 10.7 Å². The number of nitrogens with one attached hydrogen (secondary N) is 1. The van der Waals surface area contributed by atoms with E-state index in [1.54, 1.807) is 6.07 Å². The molecule has 0 aliphatic carbocycles. The first-order valence-electron chi connectivity index (χ1n) is 4.05. The van der Waals surface area contributed by atoms with Crippen LogP contribution in [0.1, 0.15) is 16.1 Å². The molecule has 0 aromatic carbocycles. The number of hydrogen-bond donors (Lipinski definition) is 2. The van der Waals surface area contributed by atoms with Gasteiger partial charge in [0.2, 0.25) is 5.88 Å². The number of pyridine rings is 1. The summed E-state index contributed by atoms with van der Waals surface area (Å²) in [6, 6.07) is 1.68. The van der Waals surface area contributed by atoms with Crippen molar-refractivity contribution in [3.8, 4) is 5.88 Å². The summed E-state index contributed by atoms with van der Waals surface area (Å²) in [4.78, 5) is 15.2. The normalized spacial score (nSPS) is 13.3. The number of nitrogen functional groups attached to an aromatic ring is 1. The molecule has 0 spiro atoms. The summed E-state index contributed by atoms with van der Waals surface area (Å²) in [7, 11) is 0. The molecule has 0 unspecified atom stereocenters. The molecule has 0 radical (unpaired) electrons. The third-order valence-corrected chi connectivity index (χ3v) is 2.26. The van der Waals surface area contributed by atoms with Crippen LogP contribution in [0.5, 0.6) is 5.88 Å². The summed E-state index contributed by atoms with van der Waals surface area (Å²) in [5, 5.41) is 0.289. The monoisotopic (exact) mass is 213 g/mol. The van der Waals surface area contributed by atoms with E-state index in [0.29, 0.717) is 12.5 Å². The highest BCUT2D eigenvalue weighted by Crippen LogP contribution is 2.27. The Hall–Kier alpha value is -1.33. The predicted octanol–water partition coefficient (Wildman–Crippen LogP) is 0.273. The van der Waals surface area contributed by atoms with Crippen LogP contribution >= 0.6 is 11.6 Å². The second kappa shape index (κ2) is 3.43. The number of rotatable bonds is 1. The fourth-order valence-electron chi connectivity index (χ4n) is 1.30. The Morgan fingerprint density at radius 1 is 1.71 bits per heavy atom. The molecule has 0 atom stereocenters. The van der Waals surface area contributed by atoms with Gasteiger partial charge >= 0.3 is 0 Å². The van der Waals surface area contributed by atoms with Crippen molar-refractivity contribution >= 4 is 17.5 Å². The Morgan fingerprint density at radius 2 is 2.50 bits per heavy atom. The smallest absolute Gasteiger partial charge is 0.285 e. The number of carbonyl (C=O) groups excluding carboxylic acids is 1. The third-order valence-electron chi connectivity index (χ3n) is 1.97. The molecule has 1 aromatic heterocycles. The van der Waals surface area contributed by atoms with Gasteiger partial charge in [-0.3, -0.25) is 10.2 Å². The minimum Gasteiger partial charge on any atom is -0.477 e. The largest absolute Gasteiger partial charge is 0.477 e. The molecule has 1 amide bonds. The zero-order valence-corrected chi connectivity index (χ0v) is 7.97. The molecular formula is C8H8ClN3O2. The first-order chi connectivity index (χ1) is 6.72. The van der Waals surface area contributed by atoms with Crippen LogP contribution in [0.25, 0.3) is 0 Å². The summed E-state index contributed by atoms with van der Waals surface area (Å²) in [6.07, 6.45) is 0.770. The number of ether oxygens (including phenoxy) is 1. The summed E-state index contributed by atoms with van der Waals surface area (Å²) < 4.78 is 5.20. The van der Waals surface area contributed by atoms with Gasteiger partial charge in [0.1, 0.15) is 0 Å². The maximum atomic E-state index is 11.2. The fraction of sp³-hybridized carbons (Fsp3) is 0.250. The van der Waals surface area contributed by atoms with Crippen LogP contribution in [0.15, 0.2) is 6.07 Å². The molecule has 14 heavy (non-hydrogen) atoms. The van der Waals surface area contributed by atoms with Gasteiger partial charge in [0.25, 0.3) is 5.91 Å². The summed E-state index contributed by atoms with van der Waals surface area (Å²) >= 11 is 5.85. The van der Waals surface area contributed by atoms with Crippen LogP contribution in [0.4, 0.5) is 0 Å². The molecule has 5 nitrogen and oxygen atoms in total.